The van der Waals surface area contributed by atoms with Gasteiger partial charge in [0.2, 0.25) is 5.91 Å². The van der Waals surface area contributed by atoms with Crippen molar-refractivity contribution in [3.05, 3.63) is 35.9 Å². The Labute approximate surface area is 97.3 Å². The van der Waals surface area contributed by atoms with Crippen LogP contribution in [0.2, 0.25) is 0 Å². The molecule has 1 amide bonds. The van der Waals surface area contributed by atoms with Crippen LogP contribution in [0.1, 0.15) is 25.8 Å². The Morgan fingerprint density at radius 2 is 2.00 bits per heavy atom. The van der Waals surface area contributed by atoms with Crippen LogP contribution >= 0.6 is 0 Å². The summed E-state index contributed by atoms with van der Waals surface area (Å²) in [7, 11) is 0. The lowest BCUT2D eigenvalue weighted by Gasteiger charge is -2.18. The molecule has 0 saturated carbocycles. The van der Waals surface area contributed by atoms with Gasteiger partial charge in [0.15, 0.2) is 0 Å². The second kappa shape index (κ2) is 4.69. The first-order valence-electron chi connectivity index (χ1n) is 5.98. The van der Waals surface area contributed by atoms with Crippen molar-refractivity contribution in [1.29, 1.82) is 0 Å². The van der Waals surface area contributed by atoms with E-state index < -0.39 is 0 Å². The molecule has 1 aromatic carbocycles. The number of carbonyl (C=O) groups is 1. The molecule has 1 aliphatic heterocycles. The van der Waals surface area contributed by atoms with Crippen LogP contribution in [0.15, 0.2) is 30.3 Å². The summed E-state index contributed by atoms with van der Waals surface area (Å²) in [5.41, 5.74) is 1.22. The Hall–Kier alpha value is -1.31. The molecule has 0 radical (unpaired) electrons. The zero-order valence-electron chi connectivity index (χ0n) is 10.0. The lowest BCUT2D eigenvalue weighted by molar-refractivity contribution is -0.128. The molecule has 1 unspecified atom stereocenters. The topological polar surface area (TPSA) is 20.3 Å². The Morgan fingerprint density at radius 3 is 2.56 bits per heavy atom. The molecule has 1 heterocycles. The monoisotopic (exact) mass is 217 g/mol. The van der Waals surface area contributed by atoms with Crippen LogP contribution in [-0.2, 0) is 11.3 Å². The minimum Gasteiger partial charge on any atom is -0.338 e. The first-order valence-corrected chi connectivity index (χ1v) is 5.98. The van der Waals surface area contributed by atoms with Crippen molar-refractivity contribution in [3.63, 3.8) is 0 Å². The van der Waals surface area contributed by atoms with Crippen molar-refractivity contribution in [3.8, 4) is 0 Å². The van der Waals surface area contributed by atoms with E-state index in [1.807, 2.05) is 23.1 Å². The number of hydrogen-bond donors (Lipinski definition) is 0. The molecule has 2 heteroatoms. The smallest absolute Gasteiger partial charge is 0.223 e. The molecule has 0 aliphatic carbocycles. The lowest BCUT2D eigenvalue weighted by Crippen LogP contribution is -2.25. The largest absolute Gasteiger partial charge is 0.338 e. The third kappa shape index (κ3) is 2.43. The van der Waals surface area contributed by atoms with Crippen LogP contribution in [0.25, 0.3) is 0 Å². The van der Waals surface area contributed by atoms with Crippen molar-refractivity contribution >= 4 is 5.91 Å². The molecule has 1 fully saturated rings. The summed E-state index contributed by atoms with van der Waals surface area (Å²) in [6, 6.07) is 10.2. The van der Waals surface area contributed by atoms with E-state index in [4.69, 9.17) is 0 Å². The van der Waals surface area contributed by atoms with E-state index in [1.54, 1.807) is 0 Å². The molecule has 1 atom stereocenters. The molecule has 0 spiro atoms. The van der Waals surface area contributed by atoms with Crippen molar-refractivity contribution in [2.24, 2.45) is 11.8 Å². The number of rotatable bonds is 3. The van der Waals surface area contributed by atoms with E-state index in [-0.39, 0.29) is 0 Å². The summed E-state index contributed by atoms with van der Waals surface area (Å²) < 4.78 is 0. The van der Waals surface area contributed by atoms with Gasteiger partial charge in [-0.05, 0) is 17.4 Å². The van der Waals surface area contributed by atoms with Crippen LogP contribution < -0.4 is 0 Å². The minimum absolute atomic E-state index is 0.308. The Bertz CT molecular complexity index is 358. The summed E-state index contributed by atoms with van der Waals surface area (Å²) in [5, 5.41) is 0. The van der Waals surface area contributed by atoms with E-state index >= 15 is 0 Å². The normalized spacial score (nSPS) is 20.8. The average Bonchev–Trinajstić information content (AvgIpc) is 2.62. The number of carbonyl (C=O) groups excluding carboxylic acids is 1. The van der Waals surface area contributed by atoms with E-state index in [2.05, 4.69) is 26.0 Å². The molecule has 1 aliphatic rings. The van der Waals surface area contributed by atoms with E-state index in [0.717, 1.165) is 19.5 Å². The lowest BCUT2D eigenvalue weighted by atomic mass is 9.95. The summed E-state index contributed by atoms with van der Waals surface area (Å²) in [4.78, 5) is 13.8. The molecule has 1 aromatic rings. The quantitative estimate of drug-likeness (QED) is 0.762. The standard InChI is InChI=1S/C14H19NO/c1-11(2)13-8-14(16)15(10-13)9-12-6-4-3-5-7-12/h3-7,11,13H,8-10H2,1-2H3. The Morgan fingerprint density at radius 1 is 1.31 bits per heavy atom. The van der Waals surface area contributed by atoms with Gasteiger partial charge in [0.25, 0.3) is 0 Å². The molecule has 1 saturated heterocycles. The maximum Gasteiger partial charge on any atom is 0.223 e. The Kier molecular flexibility index (Phi) is 3.28. The van der Waals surface area contributed by atoms with Crippen molar-refractivity contribution in [2.75, 3.05) is 6.54 Å². The number of likely N-dealkylation sites (tertiary alicyclic amines) is 1. The maximum atomic E-state index is 11.8. The van der Waals surface area contributed by atoms with Gasteiger partial charge in [0, 0.05) is 19.5 Å². The second-order valence-corrected chi connectivity index (χ2v) is 4.97. The average molecular weight is 217 g/mol. The maximum absolute atomic E-state index is 11.8. The number of benzene rings is 1. The van der Waals surface area contributed by atoms with Crippen molar-refractivity contribution in [2.45, 2.75) is 26.8 Å². The highest BCUT2D eigenvalue weighted by atomic mass is 16.2. The van der Waals surface area contributed by atoms with Gasteiger partial charge in [-0.25, -0.2) is 0 Å². The predicted molar refractivity (Wildman–Crippen MR) is 64.8 cm³/mol. The highest BCUT2D eigenvalue weighted by Crippen LogP contribution is 2.25. The number of hydrogen-bond acceptors (Lipinski definition) is 1. The molecule has 2 nitrogen and oxygen atoms in total. The van der Waals surface area contributed by atoms with Gasteiger partial charge in [0.05, 0.1) is 0 Å². The molecule has 0 N–H and O–H groups in total. The fraction of sp³-hybridized carbons (Fsp3) is 0.500. The SMILES string of the molecule is CC(C)C1CC(=O)N(Cc2ccccc2)C1. The fourth-order valence-electron chi connectivity index (χ4n) is 2.21. The predicted octanol–water partition coefficient (Wildman–Crippen LogP) is 2.69. The number of nitrogens with zero attached hydrogens (tertiary/aromatic N) is 1. The van der Waals surface area contributed by atoms with Crippen molar-refractivity contribution < 1.29 is 4.79 Å². The second-order valence-electron chi connectivity index (χ2n) is 4.97. The van der Waals surface area contributed by atoms with Crippen LogP contribution in [-0.4, -0.2) is 17.4 Å². The molecule has 0 bridgehead atoms. The van der Waals surface area contributed by atoms with Crippen LogP contribution in [0.3, 0.4) is 0 Å². The number of amides is 1. The zero-order valence-corrected chi connectivity index (χ0v) is 10.0. The molecular formula is C14H19NO. The van der Waals surface area contributed by atoms with Gasteiger partial charge >= 0.3 is 0 Å². The highest BCUT2D eigenvalue weighted by Gasteiger charge is 2.30. The summed E-state index contributed by atoms with van der Waals surface area (Å²) in [5.74, 6) is 1.45. The third-order valence-corrected chi connectivity index (χ3v) is 3.40. The van der Waals surface area contributed by atoms with Crippen molar-refractivity contribution in [1.82, 2.24) is 4.90 Å². The van der Waals surface area contributed by atoms with Gasteiger partial charge in [-0.15, -0.1) is 0 Å². The summed E-state index contributed by atoms with van der Waals surface area (Å²) >= 11 is 0. The fourth-order valence-corrected chi connectivity index (χ4v) is 2.21. The first kappa shape index (κ1) is 11.2. The van der Waals surface area contributed by atoms with Gasteiger partial charge in [0.1, 0.15) is 0 Å². The highest BCUT2D eigenvalue weighted by molar-refractivity contribution is 5.78. The minimum atomic E-state index is 0.308. The van der Waals surface area contributed by atoms with Gasteiger partial charge in [-0.1, -0.05) is 44.2 Å². The van der Waals surface area contributed by atoms with E-state index in [0.29, 0.717) is 17.7 Å². The molecule has 0 aromatic heterocycles. The Balaban J connectivity index is 1.99. The van der Waals surface area contributed by atoms with E-state index in [1.165, 1.54) is 5.56 Å². The zero-order chi connectivity index (χ0) is 11.5. The molecule has 2 rings (SSSR count). The van der Waals surface area contributed by atoms with Gasteiger partial charge in [-0.3, -0.25) is 4.79 Å². The van der Waals surface area contributed by atoms with Gasteiger partial charge in [-0.2, -0.15) is 0 Å². The van der Waals surface area contributed by atoms with E-state index in [9.17, 15) is 4.79 Å². The van der Waals surface area contributed by atoms with Crippen LogP contribution in [0.4, 0.5) is 0 Å². The van der Waals surface area contributed by atoms with Crippen LogP contribution in [0.5, 0.6) is 0 Å². The van der Waals surface area contributed by atoms with Gasteiger partial charge < -0.3 is 4.90 Å². The van der Waals surface area contributed by atoms with Crippen LogP contribution in [0, 0.1) is 11.8 Å². The third-order valence-electron chi connectivity index (χ3n) is 3.40. The molecule has 16 heavy (non-hydrogen) atoms. The molecular weight excluding hydrogens is 198 g/mol. The summed E-state index contributed by atoms with van der Waals surface area (Å²) in [6.07, 6.45) is 0.727. The summed E-state index contributed by atoms with van der Waals surface area (Å²) in [6.45, 7) is 6.09. The first-order chi connectivity index (χ1) is 7.66. The molecule has 86 valence electrons.